The Morgan fingerprint density at radius 1 is 0.441 bits per heavy atom. The Kier molecular flexibility index (Phi) is 9.44. The van der Waals surface area contributed by atoms with Crippen LogP contribution < -0.4 is 19.9 Å². The monoisotopic (exact) mass is 782 g/mol. The van der Waals surface area contributed by atoms with E-state index < -0.39 is 11.9 Å². The first-order valence-electron chi connectivity index (χ1n) is 20.0. The molecule has 0 saturated carbocycles. The molecule has 9 nitrogen and oxygen atoms in total. The van der Waals surface area contributed by atoms with Crippen molar-refractivity contribution >= 4 is 77.8 Å². The number of carboxylic acids is 2. The molecule has 0 fully saturated rings. The van der Waals surface area contributed by atoms with E-state index in [-0.39, 0.29) is 11.1 Å². The van der Waals surface area contributed by atoms with Crippen molar-refractivity contribution in [2.24, 2.45) is 0 Å². The summed E-state index contributed by atoms with van der Waals surface area (Å²) in [7, 11) is 0. The molecule has 9 aromatic rings. The summed E-state index contributed by atoms with van der Waals surface area (Å²) in [6.45, 7) is 11.7. The number of carboxylic acid groups (broad SMARTS) is 2. The van der Waals surface area contributed by atoms with E-state index in [1.165, 1.54) is 0 Å². The summed E-state index contributed by atoms with van der Waals surface area (Å²) >= 11 is 0. The molecule has 0 aliphatic heterocycles. The minimum Gasteiger partial charge on any atom is -0.478 e. The van der Waals surface area contributed by atoms with E-state index >= 15 is 0 Å². The van der Waals surface area contributed by atoms with Gasteiger partial charge in [-0.2, -0.15) is 0 Å². The Labute approximate surface area is 338 Å². The van der Waals surface area contributed by atoms with E-state index in [4.69, 9.17) is 13.3 Å². The van der Waals surface area contributed by atoms with Gasteiger partial charge < -0.3 is 23.5 Å². The number of hydrogen-bond donors (Lipinski definition) is 2. The van der Waals surface area contributed by atoms with Crippen molar-refractivity contribution in [3.63, 3.8) is 0 Å². The van der Waals surface area contributed by atoms with Gasteiger partial charge in [0.15, 0.2) is 0 Å². The highest BCUT2D eigenvalue weighted by molar-refractivity contribution is 6.16. The lowest BCUT2D eigenvalue weighted by Crippen LogP contribution is -2.29. The zero-order valence-electron chi connectivity index (χ0n) is 33.2. The quantitative estimate of drug-likeness (QED) is 0.116. The molecule has 9 heteroatoms. The summed E-state index contributed by atoms with van der Waals surface area (Å²) in [5.41, 5.74) is 6.47. The molecule has 59 heavy (non-hydrogen) atoms. The van der Waals surface area contributed by atoms with E-state index in [0.717, 1.165) is 80.3 Å². The van der Waals surface area contributed by atoms with Gasteiger partial charge in [0.25, 0.3) is 0 Å². The molecule has 2 N–H and O–H groups in total. The highest BCUT2D eigenvalue weighted by atomic mass is 16.4. The van der Waals surface area contributed by atoms with Gasteiger partial charge in [0, 0.05) is 67.7 Å². The molecule has 9 rings (SSSR count). The van der Waals surface area contributed by atoms with E-state index in [1.807, 2.05) is 84.9 Å². The van der Waals surface area contributed by atoms with Crippen LogP contribution in [0.3, 0.4) is 0 Å². The lowest BCUT2D eigenvalue weighted by atomic mass is 9.93. The molecule has 3 heterocycles. The van der Waals surface area contributed by atoms with Gasteiger partial charge in [-0.3, -0.25) is 0 Å². The van der Waals surface area contributed by atoms with Crippen LogP contribution in [0.2, 0.25) is 0 Å². The smallest absolute Gasteiger partial charge is 0.336 e. The van der Waals surface area contributed by atoms with Crippen LogP contribution in [0.25, 0.3) is 88.1 Å². The molecule has 292 valence electrons. The molecule has 0 bridgehead atoms. The first-order valence-corrected chi connectivity index (χ1v) is 20.0. The minimum absolute atomic E-state index is 0.190. The Morgan fingerprint density at radius 3 is 1.20 bits per heavy atom. The molecule has 0 saturated heterocycles. The zero-order chi connectivity index (χ0) is 40.9. The first-order chi connectivity index (χ1) is 28.7. The number of rotatable bonds is 8. The highest BCUT2D eigenvalue weighted by Gasteiger charge is 2.22. The average molecular weight is 783 g/mol. The van der Waals surface area contributed by atoms with Crippen molar-refractivity contribution < 1.29 is 33.1 Å². The summed E-state index contributed by atoms with van der Waals surface area (Å²) in [6.07, 6.45) is 0. The van der Waals surface area contributed by atoms with Crippen molar-refractivity contribution in [2.75, 3.05) is 26.2 Å². The van der Waals surface area contributed by atoms with Crippen LogP contribution in [0, 0.1) is 0 Å². The van der Waals surface area contributed by atoms with Crippen molar-refractivity contribution in [1.82, 2.24) is 9.15 Å². The second kappa shape index (κ2) is 14.9. The van der Waals surface area contributed by atoms with Gasteiger partial charge in [-0.1, -0.05) is 48.5 Å². The fourth-order valence-electron chi connectivity index (χ4n) is 8.51. The highest BCUT2D eigenvalue weighted by Crippen LogP contribution is 2.42. The molecule has 0 aliphatic rings. The largest absolute Gasteiger partial charge is 0.478 e. The van der Waals surface area contributed by atoms with Crippen molar-refractivity contribution in [2.45, 2.75) is 27.7 Å². The average Bonchev–Trinajstić information content (AvgIpc) is 3.42. The molecular weight excluding hydrogens is 741 g/mol. The number of hydrogen-bond acceptors (Lipinski definition) is 5. The van der Waals surface area contributed by atoms with Crippen LogP contribution in [-0.4, -0.2) is 48.3 Å². The van der Waals surface area contributed by atoms with E-state index in [2.05, 4.69) is 49.0 Å². The predicted molar refractivity (Wildman–Crippen MR) is 235 cm³/mol. The zero-order valence-corrected chi connectivity index (χ0v) is 33.2. The van der Waals surface area contributed by atoms with Crippen LogP contribution in [0.5, 0.6) is 0 Å². The third-order valence-corrected chi connectivity index (χ3v) is 11.4. The van der Waals surface area contributed by atoms with Gasteiger partial charge in [0.2, 0.25) is 10.7 Å². The first kappa shape index (κ1) is 37.3. The fourth-order valence-corrected chi connectivity index (χ4v) is 8.51. The number of nitrogens with zero attached hydrogens (tertiary/aromatic N) is 2. The number of benzene rings is 6. The van der Waals surface area contributed by atoms with Crippen molar-refractivity contribution in [3.05, 3.63) is 143 Å². The third kappa shape index (κ3) is 6.35. The maximum absolute atomic E-state index is 12.6. The van der Waals surface area contributed by atoms with E-state index in [1.54, 1.807) is 24.3 Å². The third-order valence-electron chi connectivity index (χ3n) is 11.4. The lowest BCUT2D eigenvalue weighted by Gasteiger charge is -2.14. The Bertz CT molecular complexity index is 3170. The molecule has 0 radical (unpaired) electrons. The van der Waals surface area contributed by atoms with E-state index in [9.17, 15) is 19.8 Å². The van der Waals surface area contributed by atoms with Crippen LogP contribution in [0.15, 0.2) is 135 Å². The molecular formula is C50H42N2O7+2. The van der Waals surface area contributed by atoms with Crippen LogP contribution in [0.1, 0.15) is 48.4 Å². The topological polar surface area (TPSA) is 120 Å². The van der Waals surface area contributed by atoms with Gasteiger partial charge in [-0.25, -0.2) is 18.7 Å². The van der Waals surface area contributed by atoms with Gasteiger partial charge >= 0.3 is 11.9 Å². The Balaban J connectivity index is 1.38. The molecule has 0 aliphatic carbocycles. The van der Waals surface area contributed by atoms with Gasteiger partial charge in [0.1, 0.15) is 59.7 Å². The maximum Gasteiger partial charge on any atom is 0.336 e. The minimum atomic E-state index is -1.02. The van der Waals surface area contributed by atoms with Gasteiger partial charge in [0.05, 0.1) is 23.3 Å². The summed E-state index contributed by atoms with van der Waals surface area (Å²) in [5.74, 6) is -2.04. The van der Waals surface area contributed by atoms with Gasteiger partial charge in [-0.05, 0) is 75.2 Å². The Morgan fingerprint density at radius 2 is 0.814 bits per heavy atom. The second-order valence-electron chi connectivity index (χ2n) is 14.6. The maximum atomic E-state index is 12.6. The van der Waals surface area contributed by atoms with Crippen molar-refractivity contribution in [3.8, 4) is 22.3 Å². The van der Waals surface area contributed by atoms with Gasteiger partial charge in [-0.15, -0.1) is 0 Å². The molecule has 0 amide bonds. The van der Waals surface area contributed by atoms with Crippen molar-refractivity contribution in [1.29, 1.82) is 0 Å². The second-order valence-corrected chi connectivity index (χ2v) is 14.6. The standard InChI is InChI=1S/C50H40N2O7/c1-5-51(6-2)31-19-21-37-43(25-31)58-45-27-41-29(23-39(45)47(37)33-13-9-11-15-35(33)49(53)54)17-18-30-24-40-46(28-42(30)57-41)59-44-26-32(52(7-3)8-4)20-22-38(44)48(40)34-14-10-12-16-36(34)50(55)56/h9-28H,5-8H2,1-4H3/p+2. The predicted octanol–water partition coefficient (Wildman–Crippen LogP) is 10.3. The molecule has 0 spiro atoms. The van der Waals surface area contributed by atoms with Crippen LogP contribution in [-0.2, 0) is 0 Å². The normalized spacial score (nSPS) is 11.6. The number of aromatic carboxylic acids is 2. The summed E-state index contributed by atoms with van der Waals surface area (Å²) in [5, 5.41) is 27.2. The van der Waals surface area contributed by atoms with Crippen LogP contribution in [0.4, 0.5) is 0 Å². The SMILES string of the molecule is CC[N+](CC)=c1ccc2c(-c3ccccc3C(=O)O)c3cc4ccc5cc6c(-c7ccccc7C(=O)O)c7ccc(=[N+](CC)CC)cc7oc6cc5oc4cc3oc2c1. The summed E-state index contributed by atoms with van der Waals surface area (Å²) < 4.78 is 24.6. The summed E-state index contributed by atoms with van der Waals surface area (Å²) in [4.78, 5) is 25.2. The fraction of sp³-hybridized carbons (Fsp3) is 0.160. The molecule has 6 aromatic carbocycles. The number of fused-ring (bicyclic) bond motifs is 6. The van der Waals surface area contributed by atoms with Crippen LogP contribution >= 0.6 is 0 Å². The Hall–Kier alpha value is -7.26. The molecule has 0 atom stereocenters. The number of carbonyl (C=O) groups is 2. The van der Waals surface area contributed by atoms with E-state index in [0.29, 0.717) is 44.6 Å². The molecule has 3 aromatic heterocycles. The summed E-state index contributed by atoms with van der Waals surface area (Å²) in [6, 6.07) is 37.9. The molecule has 0 unspecified atom stereocenters. The lowest BCUT2D eigenvalue weighted by molar-refractivity contribution is 0.0687.